The fraction of sp³-hybridized carbons (Fsp3) is 0.409. The Labute approximate surface area is 165 Å². The van der Waals surface area contributed by atoms with Crippen LogP contribution >= 0.6 is 0 Å². The summed E-state index contributed by atoms with van der Waals surface area (Å²) in [6.07, 6.45) is 0. The molecule has 0 fully saturated rings. The van der Waals surface area contributed by atoms with Gasteiger partial charge in [-0.05, 0) is 61.6 Å². The lowest BCUT2D eigenvalue weighted by Gasteiger charge is -2.34. The molecule has 1 N–H and O–H groups in total. The average molecular weight is 381 g/mol. The van der Waals surface area contributed by atoms with E-state index >= 15 is 0 Å². The molecule has 0 bridgehead atoms. The first-order valence-corrected chi connectivity index (χ1v) is 9.30. The summed E-state index contributed by atoms with van der Waals surface area (Å²) in [6.45, 7) is 7.71. The molecule has 1 aromatic heterocycles. The van der Waals surface area contributed by atoms with Gasteiger partial charge in [0.15, 0.2) is 0 Å². The van der Waals surface area contributed by atoms with Gasteiger partial charge in [0.2, 0.25) is 0 Å². The molecule has 0 saturated carbocycles. The van der Waals surface area contributed by atoms with Crippen molar-refractivity contribution in [2.75, 3.05) is 7.11 Å². The van der Waals surface area contributed by atoms with Gasteiger partial charge in [0, 0.05) is 13.0 Å². The highest BCUT2D eigenvalue weighted by atomic mass is 16.5. The summed E-state index contributed by atoms with van der Waals surface area (Å²) in [4.78, 5) is 12.7. The maximum atomic E-state index is 12.7. The van der Waals surface area contributed by atoms with Crippen LogP contribution in [0.5, 0.6) is 0 Å². The van der Waals surface area contributed by atoms with E-state index in [0.29, 0.717) is 0 Å². The Morgan fingerprint density at radius 3 is 2.61 bits per heavy atom. The summed E-state index contributed by atoms with van der Waals surface area (Å²) in [7, 11) is 3.27. The molecule has 0 aliphatic rings. The van der Waals surface area contributed by atoms with E-state index in [1.165, 1.54) is 7.11 Å². The van der Waals surface area contributed by atoms with Crippen molar-refractivity contribution in [3.05, 3.63) is 58.1 Å². The van der Waals surface area contributed by atoms with E-state index in [1.807, 2.05) is 65.1 Å². The normalized spacial score (nSPS) is 13.0. The summed E-state index contributed by atoms with van der Waals surface area (Å²) in [6, 6.07) is 10.0. The molecular weight excluding hydrogens is 354 g/mol. The van der Waals surface area contributed by atoms with Crippen LogP contribution in [-0.4, -0.2) is 33.2 Å². The molecular formula is C22H27N3O3. The Morgan fingerprint density at radius 2 is 1.96 bits per heavy atom. The van der Waals surface area contributed by atoms with Gasteiger partial charge in [0.1, 0.15) is 5.52 Å². The third-order valence-corrected chi connectivity index (χ3v) is 5.70. The minimum Gasteiger partial charge on any atom is -0.469 e. The SMILES string of the molecule is COC(=O)C(C)(C)C(c1ccc(C)c(CO)c1)c1ccc2c(nnn2C)c1C. The number of carbonyl (C=O) groups excluding carboxylic acids is 1. The molecule has 0 radical (unpaired) electrons. The fourth-order valence-electron chi connectivity index (χ4n) is 3.97. The number of carbonyl (C=O) groups is 1. The summed E-state index contributed by atoms with van der Waals surface area (Å²) < 4.78 is 6.87. The standard InChI is InChI=1S/C22H27N3O3/c1-13-7-8-15(11-16(13)12-26)19(22(3,4)21(27)28-6)17-9-10-18-20(14(17)2)23-24-25(18)5/h7-11,19,26H,12H2,1-6H3. The average Bonchev–Trinajstić information content (AvgIpc) is 3.05. The van der Waals surface area contributed by atoms with Crippen LogP contribution in [0.1, 0.15) is 47.6 Å². The molecule has 0 spiro atoms. The van der Waals surface area contributed by atoms with Gasteiger partial charge in [0.25, 0.3) is 0 Å². The molecule has 6 heteroatoms. The van der Waals surface area contributed by atoms with Crippen molar-refractivity contribution in [3.8, 4) is 0 Å². The van der Waals surface area contributed by atoms with Gasteiger partial charge in [-0.3, -0.25) is 4.79 Å². The first kappa shape index (κ1) is 20.0. The molecule has 0 aliphatic heterocycles. The fourth-order valence-corrected chi connectivity index (χ4v) is 3.97. The lowest BCUT2D eigenvalue weighted by atomic mass is 9.69. The van der Waals surface area contributed by atoms with E-state index in [4.69, 9.17) is 4.74 Å². The first-order chi connectivity index (χ1) is 13.2. The second-order valence-electron chi connectivity index (χ2n) is 7.85. The van der Waals surface area contributed by atoms with Crippen molar-refractivity contribution in [1.82, 2.24) is 15.0 Å². The van der Waals surface area contributed by atoms with Gasteiger partial charge in [-0.15, -0.1) is 5.10 Å². The molecule has 148 valence electrons. The number of methoxy groups -OCH3 is 1. The number of esters is 1. The molecule has 6 nitrogen and oxygen atoms in total. The van der Waals surface area contributed by atoms with Gasteiger partial charge in [-0.25, -0.2) is 4.68 Å². The molecule has 3 aromatic rings. The summed E-state index contributed by atoms with van der Waals surface area (Å²) in [5.41, 5.74) is 5.74. The number of ether oxygens (including phenoxy) is 1. The number of aliphatic hydroxyl groups excluding tert-OH is 1. The lowest BCUT2D eigenvalue weighted by molar-refractivity contribution is -0.151. The van der Waals surface area contributed by atoms with E-state index in [-0.39, 0.29) is 18.5 Å². The van der Waals surface area contributed by atoms with Crippen LogP contribution in [0, 0.1) is 19.3 Å². The number of hydrogen-bond acceptors (Lipinski definition) is 5. The molecule has 0 amide bonds. The molecule has 0 aliphatic carbocycles. The summed E-state index contributed by atoms with van der Waals surface area (Å²) >= 11 is 0. The zero-order valence-electron chi connectivity index (χ0n) is 17.3. The minimum absolute atomic E-state index is 0.0484. The summed E-state index contributed by atoms with van der Waals surface area (Å²) in [5, 5.41) is 18.2. The van der Waals surface area contributed by atoms with Crippen LogP contribution in [0.15, 0.2) is 30.3 Å². The van der Waals surface area contributed by atoms with Crippen LogP contribution in [0.3, 0.4) is 0 Å². The number of aromatic nitrogens is 3. The largest absolute Gasteiger partial charge is 0.469 e. The second-order valence-corrected chi connectivity index (χ2v) is 7.85. The third-order valence-electron chi connectivity index (χ3n) is 5.70. The van der Waals surface area contributed by atoms with Crippen LogP contribution in [0.2, 0.25) is 0 Å². The highest BCUT2D eigenvalue weighted by Crippen LogP contribution is 2.44. The van der Waals surface area contributed by atoms with E-state index in [1.54, 1.807) is 4.68 Å². The number of hydrogen-bond donors (Lipinski definition) is 1. The topological polar surface area (TPSA) is 77.2 Å². The summed E-state index contributed by atoms with van der Waals surface area (Å²) in [5.74, 6) is -0.556. The molecule has 1 atom stereocenters. The van der Waals surface area contributed by atoms with Crippen molar-refractivity contribution in [1.29, 1.82) is 0 Å². The van der Waals surface area contributed by atoms with Crippen molar-refractivity contribution >= 4 is 17.0 Å². The molecule has 1 heterocycles. The predicted octanol–water partition coefficient (Wildman–Crippen LogP) is 3.41. The van der Waals surface area contributed by atoms with Gasteiger partial charge in [-0.2, -0.15) is 0 Å². The molecule has 1 unspecified atom stereocenters. The Hall–Kier alpha value is -2.73. The Balaban J connectivity index is 2.28. The quantitative estimate of drug-likeness (QED) is 0.686. The van der Waals surface area contributed by atoms with Crippen LogP contribution in [0.25, 0.3) is 11.0 Å². The smallest absolute Gasteiger partial charge is 0.312 e. The zero-order valence-corrected chi connectivity index (χ0v) is 17.3. The highest BCUT2D eigenvalue weighted by molar-refractivity contribution is 5.82. The number of rotatable bonds is 5. The molecule has 2 aromatic carbocycles. The van der Waals surface area contributed by atoms with E-state index < -0.39 is 5.41 Å². The lowest BCUT2D eigenvalue weighted by Crippen LogP contribution is -2.34. The van der Waals surface area contributed by atoms with Crippen LogP contribution < -0.4 is 0 Å². The van der Waals surface area contributed by atoms with Crippen LogP contribution in [0.4, 0.5) is 0 Å². The third kappa shape index (κ3) is 3.18. The monoisotopic (exact) mass is 381 g/mol. The first-order valence-electron chi connectivity index (χ1n) is 9.30. The van der Waals surface area contributed by atoms with Crippen molar-refractivity contribution in [3.63, 3.8) is 0 Å². The number of aliphatic hydroxyl groups is 1. The zero-order chi connectivity index (χ0) is 20.6. The minimum atomic E-state index is -0.822. The Kier molecular flexibility index (Phi) is 5.26. The van der Waals surface area contributed by atoms with E-state index in [2.05, 4.69) is 10.3 Å². The van der Waals surface area contributed by atoms with Gasteiger partial charge in [-0.1, -0.05) is 29.5 Å². The molecule has 3 rings (SSSR count). The second kappa shape index (κ2) is 7.36. The maximum Gasteiger partial charge on any atom is 0.312 e. The van der Waals surface area contributed by atoms with Gasteiger partial charge < -0.3 is 9.84 Å². The Bertz CT molecular complexity index is 1040. The Morgan fingerprint density at radius 1 is 1.25 bits per heavy atom. The maximum absolute atomic E-state index is 12.7. The van der Waals surface area contributed by atoms with Crippen molar-refractivity contribution < 1.29 is 14.6 Å². The van der Waals surface area contributed by atoms with Gasteiger partial charge in [0.05, 0.1) is 24.6 Å². The number of fused-ring (bicyclic) bond motifs is 1. The number of aryl methyl sites for hydroxylation is 3. The highest BCUT2D eigenvalue weighted by Gasteiger charge is 2.41. The molecule has 28 heavy (non-hydrogen) atoms. The number of nitrogens with zero attached hydrogens (tertiary/aromatic N) is 3. The van der Waals surface area contributed by atoms with Crippen molar-refractivity contribution in [2.24, 2.45) is 12.5 Å². The molecule has 0 saturated heterocycles. The van der Waals surface area contributed by atoms with E-state index in [9.17, 15) is 9.90 Å². The van der Waals surface area contributed by atoms with E-state index in [0.717, 1.165) is 38.9 Å². The number of benzene rings is 2. The predicted molar refractivity (Wildman–Crippen MR) is 108 cm³/mol. The van der Waals surface area contributed by atoms with Crippen LogP contribution in [-0.2, 0) is 23.2 Å². The van der Waals surface area contributed by atoms with Crippen molar-refractivity contribution in [2.45, 2.75) is 40.2 Å². The van der Waals surface area contributed by atoms with Gasteiger partial charge >= 0.3 is 5.97 Å².